The Bertz CT molecular complexity index is 1560. The Kier molecular flexibility index (Phi) is 61.3. The monoisotopic (exact) mass is 1070 g/mol. The fraction of sp³-hybridized carbons (Fsp3) is 0.704. The van der Waals surface area contributed by atoms with Crippen molar-refractivity contribution in [1.82, 2.24) is 0 Å². The predicted octanol–water partition coefficient (Wildman–Crippen LogP) is 22.2. The van der Waals surface area contributed by atoms with Crippen molar-refractivity contribution >= 4 is 17.9 Å². The van der Waals surface area contributed by atoms with E-state index in [9.17, 15) is 14.4 Å². The Labute approximate surface area is 476 Å². The first kappa shape index (κ1) is 73.1. The normalized spacial score (nSPS) is 12.8. The largest absolute Gasteiger partial charge is 0.462 e. The molecule has 0 aliphatic heterocycles. The highest BCUT2D eigenvalue weighted by Gasteiger charge is 2.19. The number of allylic oxidation sites excluding steroid dienone is 18. The Morgan fingerprint density at radius 3 is 0.818 bits per heavy atom. The SMILES string of the molecule is CC/C=C\C/C=C\C/C=C\C/C=C\C/C=C\CCCCCC(=O)OC(COC(=O)CCCC/C=C\C/C=C\C/C=C\C/C=C\CC)COC(=O)CCCCCCCCCCCCCCCCCCCCCCCCCCC. The minimum absolute atomic E-state index is 0.104. The molecule has 0 saturated heterocycles. The van der Waals surface area contributed by atoms with E-state index in [2.05, 4.69) is 130 Å². The lowest BCUT2D eigenvalue weighted by molar-refractivity contribution is -0.167. The second-order valence-electron chi connectivity index (χ2n) is 21.3. The van der Waals surface area contributed by atoms with Crippen LogP contribution in [-0.2, 0) is 28.6 Å². The van der Waals surface area contributed by atoms with E-state index in [1.807, 2.05) is 0 Å². The number of unbranched alkanes of at least 4 members (excludes halogenated alkanes) is 29. The van der Waals surface area contributed by atoms with E-state index in [4.69, 9.17) is 14.2 Å². The highest BCUT2D eigenvalue weighted by atomic mass is 16.6. The number of hydrogen-bond acceptors (Lipinski definition) is 6. The summed E-state index contributed by atoms with van der Waals surface area (Å²) in [5.41, 5.74) is 0. The number of carbonyl (C=O) groups excluding carboxylic acids is 3. The summed E-state index contributed by atoms with van der Waals surface area (Å²) in [5, 5.41) is 0. The number of rotatable bonds is 58. The molecule has 0 aliphatic carbocycles. The molecule has 0 aliphatic rings. The lowest BCUT2D eigenvalue weighted by atomic mass is 10.0. The highest BCUT2D eigenvalue weighted by molar-refractivity contribution is 5.71. The van der Waals surface area contributed by atoms with E-state index in [-0.39, 0.29) is 37.5 Å². The molecule has 0 fully saturated rings. The van der Waals surface area contributed by atoms with Gasteiger partial charge < -0.3 is 14.2 Å². The Morgan fingerprint density at radius 2 is 0.506 bits per heavy atom. The average Bonchev–Trinajstić information content (AvgIpc) is 3.43. The van der Waals surface area contributed by atoms with Crippen LogP contribution in [0.2, 0.25) is 0 Å². The van der Waals surface area contributed by atoms with E-state index in [0.717, 1.165) is 116 Å². The number of hydrogen-bond donors (Lipinski definition) is 0. The van der Waals surface area contributed by atoms with Crippen molar-refractivity contribution in [3.63, 3.8) is 0 Å². The molecule has 0 aromatic carbocycles. The van der Waals surface area contributed by atoms with Gasteiger partial charge in [-0.2, -0.15) is 0 Å². The lowest BCUT2D eigenvalue weighted by Crippen LogP contribution is -2.30. The molecule has 0 radical (unpaired) electrons. The molecule has 77 heavy (non-hydrogen) atoms. The zero-order valence-electron chi connectivity index (χ0n) is 50.4. The molecule has 0 amide bonds. The third kappa shape index (κ3) is 62.8. The third-order valence-electron chi connectivity index (χ3n) is 13.8. The zero-order chi connectivity index (χ0) is 55.7. The Morgan fingerprint density at radius 1 is 0.273 bits per heavy atom. The Balaban J connectivity index is 4.39. The molecule has 1 unspecified atom stereocenters. The van der Waals surface area contributed by atoms with Gasteiger partial charge in [-0.25, -0.2) is 0 Å². The van der Waals surface area contributed by atoms with Crippen LogP contribution in [-0.4, -0.2) is 37.2 Å². The van der Waals surface area contributed by atoms with Crippen molar-refractivity contribution in [3.05, 3.63) is 109 Å². The van der Waals surface area contributed by atoms with Gasteiger partial charge in [0, 0.05) is 19.3 Å². The van der Waals surface area contributed by atoms with Crippen molar-refractivity contribution in [2.75, 3.05) is 13.2 Å². The Hall–Kier alpha value is -3.93. The predicted molar refractivity (Wildman–Crippen MR) is 334 cm³/mol. The summed E-state index contributed by atoms with van der Waals surface area (Å²) in [5.74, 6) is -0.972. The first-order valence-corrected chi connectivity index (χ1v) is 32.4. The molecule has 6 heteroatoms. The number of esters is 3. The van der Waals surface area contributed by atoms with Gasteiger partial charge in [0.1, 0.15) is 13.2 Å². The minimum atomic E-state index is -0.815. The molecule has 0 rings (SSSR count). The molecule has 0 N–H and O–H groups in total. The van der Waals surface area contributed by atoms with Crippen LogP contribution in [0.15, 0.2) is 109 Å². The second kappa shape index (κ2) is 64.6. The summed E-state index contributed by atoms with van der Waals surface area (Å²) in [6.45, 7) is 6.38. The van der Waals surface area contributed by atoms with Crippen LogP contribution >= 0.6 is 0 Å². The first-order chi connectivity index (χ1) is 38.0. The van der Waals surface area contributed by atoms with Gasteiger partial charge in [0.2, 0.25) is 0 Å². The number of ether oxygens (including phenoxy) is 3. The van der Waals surface area contributed by atoms with Gasteiger partial charge >= 0.3 is 17.9 Å². The van der Waals surface area contributed by atoms with Crippen LogP contribution in [0, 0.1) is 0 Å². The van der Waals surface area contributed by atoms with Gasteiger partial charge in [-0.15, -0.1) is 0 Å². The topological polar surface area (TPSA) is 78.9 Å². The zero-order valence-corrected chi connectivity index (χ0v) is 50.4. The third-order valence-corrected chi connectivity index (χ3v) is 13.8. The van der Waals surface area contributed by atoms with Crippen molar-refractivity contribution in [1.29, 1.82) is 0 Å². The van der Waals surface area contributed by atoms with Crippen molar-refractivity contribution in [3.8, 4) is 0 Å². The average molecular weight is 1070 g/mol. The maximum absolute atomic E-state index is 12.9. The van der Waals surface area contributed by atoms with E-state index >= 15 is 0 Å². The fourth-order valence-corrected chi connectivity index (χ4v) is 8.99. The fourth-order valence-electron chi connectivity index (χ4n) is 8.99. The van der Waals surface area contributed by atoms with Gasteiger partial charge in [0.15, 0.2) is 6.10 Å². The molecule has 6 nitrogen and oxygen atoms in total. The smallest absolute Gasteiger partial charge is 0.306 e. The summed E-state index contributed by atoms with van der Waals surface area (Å²) in [7, 11) is 0. The van der Waals surface area contributed by atoms with Crippen LogP contribution in [0.25, 0.3) is 0 Å². The summed E-state index contributed by atoms with van der Waals surface area (Å²) in [6.07, 6.45) is 88.3. The molecule has 0 heterocycles. The van der Waals surface area contributed by atoms with Gasteiger partial charge in [-0.1, -0.05) is 291 Å². The molecular weight excluding hydrogens is 949 g/mol. The van der Waals surface area contributed by atoms with E-state index in [1.54, 1.807) is 0 Å². The van der Waals surface area contributed by atoms with Crippen LogP contribution < -0.4 is 0 Å². The molecule has 0 bridgehead atoms. The summed E-state index contributed by atoms with van der Waals surface area (Å²) >= 11 is 0. The number of carbonyl (C=O) groups is 3. The van der Waals surface area contributed by atoms with Crippen LogP contribution in [0.4, 0.5) is 0 Å². The summed E-state index contributed by atoms with van der Waals surface area (Å²) < 4.78 is 16.9. The molecule has 440 valence electrons. The summed E-state index contributed by atoms with van der Waals surface area (Å²) in [6, 6.07) is 0. The van der Waals surface area contributed by atoms with Gasteiger partial charge in [-0.3, -0.25) is 14.4 Å². The quantitative estimate of drug-likeness (QED) is 0.0261. The van der Waals surface area contributed by atoms with Crippen molar-refractivity contribution in [2.45, 2.75) is 309 Å². The first-order valence-electron chi connectivity index (χ1n) is 32.4. The molecule has 0 saturated carbocycles. The van der Waals surface area contributed by atoms with Crippen LogP contribution in [0.5, 0.6) is 0 Å². The van der Waals surface area contributed by atoms with E-state index in [1.165, 1.54) is 141 Å². The molecular formula is C71H120O6. The van der Waals surface area contributed by atoms with E-state index in [0.29, 0.717) is 19.3 Å². The molecule has 1 atom stereocenters. The molecule has 0 aromatic rings. The highest BCUT2D eigenvalue weighted by Crippen LogP contribution is 2.17. The van der Waals surface area contributed by atoms with Gasteiger partial charge in [0.05, 0.1) is 0 Å². The minimum Gasteiger partial charge on any atom is -0.462 e. The van der Waals surface area contributed by atoms with Gasteiger partial charge in [0.25, 0.3) is 0 Å². The summed E-state index contributed by atoms with van der Waals surface area (Å²) in [4.78, 5) is 38.3. The maximum Gasteiger partial charge on any atom is 0.306 e. The standard InChI is InChI=1S/C71H120O6/c1-4-7-10-13-16-19-22-25-28-30-32-33-34-35-36-37-39-40-43-46-49-52-55-58-61-64-70(73)76-67-68(66-75-69(72)63-60-57-54-51-48-45-42-27-24-21-18-15-12-9-6-3)77-71(74)65-62-59-56-53-50-47-44-41-38-31-29-26-23-20-17-14-11-8-5-2/h8-9,11-12,17-18,20-21,26-27,29,38,41-42,47-48,50-51,68H,4-7,10,13-16,19,22-25,28,30-37,39-40,43-46,49,52-67H2,1-3H3/b11-8-,12-9-,20-17-,21-18-,29-26-,41-38-,42-27-,50-47-,51-48-. The van der Waals surface area contributed by atoms with Crippen molar-refractivity contribution in [2.24, 2.45) is 0 Å². The van der Waals surface area contributed by atoms with E-state index < -0.39 is 6.10 Å². The van der Waals surface area contributed by atoms with Gasteiger partial charge in [-0.05, 0) is 103 Å². The maximum atomic E-state index is 12.9. The molecule has 0 aromatic heterocycles. The second-order valence-corrected chi connectivity index (χ2v) is 21.3. The molecule has 0 spiro atoms. The van der Waals surface area contributed by atoms with Crippen LogP contribution in [0.1, 0.15) is 303 Å². The van der Waals surface area contributed by atoms with Crippen LogP contribution in [0.3, 0.4) is 0 Å². The van der Waals surface area contributed by atoms with Crippen molar-refractivity contribution < 1.29 is 28.6 Å². The lowest BCUT2D eigenvalue weighted by Gasteiger charge is -2.18.